The fraction of sp³-hybridized carbons (Fsp3) is 0.133. The third kappa shape index (κ3) is 4.28. The molecule has 2 aromatic rings. The number of sulfonamides is 1. The van der Waals surface area contributed by atoms with Crippen molar-refractivity contribution in [3.63, 3.8) is 0 Å². The first-order chi connectivity index (χ1) is 10.8. The molecule has 0 bridgehead atoms. The molecule has 0 heterocycles. The summed E-state index contributed by atoms with van der Waals surface area (Å²) in [6, 6.07) is 9.66. The zero-order valence-electron chi connectivity index (χ0n) is 12.1. The molecule has 0 saturated heterocycles. The Balaban J connectivity index is 2.16. The summed E-state index contributed by atoms with van der Waals surface area (Å²) in [4.78, 5) is 11.9. The second kappa shape index (κ2) is 7.08. The van der Waals surface area contributed by atoms with Crippen LogP contribution in [0.3, 0.4) is 0 Å². The van der Waals surface area contributed by atoms with Crippen molar-refractivity contribution in [2.75, 3.05) is 7.05 Å². The van der Waals surface area contributed by atoms with Crippen LogP contribution in [0.25, 0.3) is 0 Å². The van der Waals surface area contributed by atoms with Gasteiger partial charge in [0, 0.05) is 12.1 Å². The van der Waals surface area contributed by atoms with Gasteiger partial charge in [0.1, 0.15) is 10.7 Å². The van der Waals surface area contributed by atoms with E-state index in [0.29, 0.717) is 0 Å². The SMILES string of the molecule is CNS(=O)(=O)c1cc(C(=O)NCc2ccc(F)cc2)ccc1Cl. The van der Waals surface area contributed by atoms with Crippen LogP contribution in [-0.2, 0) is 16.6 Å². The number of hydrogen-bond donors (Lipinski definition) is 2. The van der Waals surface area contributed by atoms with Crippen molar-refractivity contribution in [3.05, 3.63) is 64.4 Å². The summed E-state index contributed by atoms with van der Waals surface area (Å²) in [7, 11) is -2.50. The highest BCUT2D eigenvalue weighted by Crippen LogP contribution is 2.22. The van der Waals surface area contributed by atoms with Crippen LogP contribution in [0.5, 0.6) is 0 Å². The molecule has 5 nitrogen and oxygen atoms in total. The van der Waals surface area contributed by atoms with Crippen LogP contribution >= 0.6 is 11.6 Å². The van der Waals surface area contributed by atoms with E-state index in [-0.39, 0.29) is 27.8 Å². The minimum atomic E-state index is -3.76. The van der Waals surface area contributed by atoms with Gasteiger partial charge in [0.05, 0.1) is 5.02 Å². The van der Waals surface area contributed by atoms with Gasteiger partial charge >= 0.3 is 0 Å². The summed E-state index contributed by atoms with van der Waals surface area (Å²) in [6.07, 6.45) is 0. The molecule has 0 aliphatic heterocycles. The number of rotatable bonds is 5. The van der Waals surface area contributed by atoms with E-state index < -0.39 is 15.9 Å². The molecule has 0 unspecified atom stereocenters. The van der Waals surface area contributed by atoms with Crippen LogP contribution < -0.4 is 10.0 Å². The van der Waals surface area contributed by atoms with Crippen LogP contribution in [0.2, 0.25) is 5.02 Å². The van der Waals surface area contributed by atoms with Gasteiger partial charge < -0.3 is 5.32 Å². The molecule has 0 atom stereocenters. The highest BCUT2D eigenvalue weighted by atomic mass is 35.5. The molecule has 1 amide bonds. The Morgan fingerprint density at radius 2 is 1.83 bits per heavy atom. The Morgan fingerprint density at radius 1 is 1.17 bits per heavy atom. The lowest BCUT2D eigenvalue weighted by molar-refractivity contribution is 0.0950. The molecule has 2 N–H and O–H groups in total. The van der Waals surface area contributed by atoms with Gasteiger partial charge in [-0.3, -0.25) is 4.79 Å². The highest BCUT2D eigenvalue weighted by molar-refractivity contribution is 7.89. The number of carbonyl (C=O) groups excluding carboxylic acids is 1. The van der Waals surface area contributed by atoms with E-state index in [1.54, 1.807) is 12.1 Å². The quantitative estimate of drug-likeness (QED) is 0.863. The van der Waals surface area contributed by atoms with E-state index in [9.17, 15) is 17.6 Å². The summed E-state index contributed by atoms with van der Waals surface area (Å²) in [6.45, 7) is 0.190. The van der Waals surface area contributed by atoms with Crippen molar-refractivity contribution in [3.8, 4) is 0 Å². The molecule has 2 rings (SSSR count). The summed E-state index contributed by atoms with van der Waals surface area (Å²) in [5.41, 5.74) is 0.877. The van der Waals surface area contributed by atoms with E-state index in [1.807, 2.05) is 0 Å². The molecule has 0 aromatic heterocycles. The number of halogens is 2. The van der Waals surface area contributed by atoms with Gasteiger partial charge in [-0.25, -0.2) is 17.5 Å². The van der Waals surface area contributed by atoms with Crippen molar-refractivity contribution in [2.24, 2.45) is 0 Å². The molecule has 8 heteroatoms. The van der Waals surface area contributed by atoms with Gasteiger partial charge in [-0.2, -0.15) is 0 Å². The first kappa shape index (κ1) is 17.4. The van der Waals surface area contributed by atoms with Crippen LogP contribution in [-0.4, -0.2) is 21.4 Å². The van der Waals surface area contributed by atoms with Gasteiger partial charge in [-0.15, -0.1) is 0 Å². The molecular weight excluding hydrogens is 343 g/mol. The maximum absolute atomic E-state index is 12.8. The third-order valence-electron chi connectivity index (χ3n) is 3.12. The average Bonchev–Trinajstić information content (AvgIpc) is 2.54. The predicted molar refractivity (Wildman–Crippen MR) is 85.3 cm³/mol. The molecule has 0 saturated carbocycles. The second-order valence-electron chi connectivity index (χ2n) is 4.66. The average molecular weight is 357 g/mol. The lowest BCUT2D eigenvalue weighted by atomic mass is 10.2. The minimum absolute atomic E-state index is 0.0226. The number of nitrogens with one attached hydrogen (secondary N) is 2. The molecule has 0 aliphatic carbocycles. The van der Waals surface area contributed by atoms with Crippen LogP contribution in [0.4, 0.5) is 4.39 Å². The Bertz CT molecular complexity index is 823. The zero-order chi connectivity index (χ0) is 17.0. The maximum atomic E-state index is 12.8. The lowest BCUT2D eigenvalue weighted by Gasteiger charge is -2.09. The predicted octanol–water partition coefficient (Wildman–Crippen LogP) is 2.32. The Labute approximate surface area is 138 Å². The van der Waals surface area contributed by atoms with Crippen molar-refractivity contribution < 1.29 is 17.6 Å². The second-order valence-corrected chi connectivity index (χ2v) is 6.92. The number of benzene rings is 2. The standard InChI is InChI=1S/C15H14ClFN2O3S/c1-18-23(21,22)14-8-11(4-7-13(14)16)15(20)19-9-10-2-5-12(17)6-3-10/h2-8,18H,9H2,1H3,(H,19,20). The number of hydrogen-bond acceptors (Lipinski definition) is 3. The van der Waals surface area contributed by atoms with Crippen LogP contribution in [0.1, 0.15) is 15.9 Å². The van der Waals surface area contributed by atoms with Crippen molar-refractivity contribution in [1.82, 2.24) is 10.0 Å². The molecule has 0 aliphatic rings. The number of carbonyl (C=O) groups is 1. The van der Waals surface area contributed by atoms with E-state index in [1.165, 1.54) is 37.4 Å². The van der Waals surface area contributed by atoms with E-state index >= 15 is 0 Å². The molecule has 122 valence electrons. The van der Waals surface area contributed by atoms with Crippen molar-refractivity contribution >= 4 is 27.5 Å². The molecule has 0 spiro atoms. The van der Waals surface area contributed by atoms with Gasteiger partial charge in [0.25, 0.3) is 5.91 Å². The molecular formula is C15H14ClFN2O3S. The zero-order valence-corrected chi connectivity index (χ0v) is 13.7. The fourth-order valence-corrected chi connectivity index (χ4v) is 3.10. The normalized spacial score (nSPS) is 11.3. The van der Waals surface area contributed by atoms with E-state index in [0.717, 1.165) is 5.56 Å². The summed E-state index contributed by atoms with van der Waals surface area (Å²) >= 11 is 5.87. The monoisotopic (exact) mass is 356 g/mol. The van der Waals surface area contributed by atoms with Gasteiger partial charge in [0.2, 0.25) is 10.0 Å². The largest absolute Gasteiger partial charge is 0.348 e. The Hall–Kier alpha value is -1.96. The summed E-state index contributed by atoms with van der Waals surface area (Å²) < 4.78 is 38.7. The molecule has 0 fully saturated rings. The Kier molecular flexibility index (Phi) is 5.35. The van der Waals surface area contributed by atoms with Gasteiger partial charge in [0.15, 0.2) is 0 Å². The minimum Gasteiger partial charge on any atom is -0.348 e. The maximum Gasteiger partial charge on any atom is 0.251 e. The molecule has 23 heavy (non-hydrogen) atoms. The Morgan fingerprint density at radius 3 is 2.43 bits per heavy atom. The van der Waals surface area contributed by atoms with Crippen LogP contribution in [0.15, 0.2) is 47.4 Å². The topological polar surface area (TPSA) is 75.3 Å². The van der Waals surface area contributed by atoms with Gasteiger partial charge in [-0.05, 0) is 42.9 Å². The first-order valence-corrected chi connectivity index (χ1v) is 8.45. The summed E-state index contributed by atoms with van der Waals surface area (Å²) in [5, 5.41) is 2.65. The van der Waals surface area contributed by atoms with Gasteiger partial charge in [-0.1, -0.05) is 23.7 Å². The lowest BCUT2D eigenvalue weighted by Crippen LogP contribution is -2.24. The molecule has 2 aromatic carbocycles. The highest BCUT2D eigenvalue weighted by Gasteiger charge is 2.18. The first-order valence-electron chi connectivity index (χ1n) is 6.59. The van der Waals surface area contributed by atoms with Crippen LogP contribution in [0, 0.1) is 5.82 Å². The fourth-order valence-electron chi connectivity index (χ4n) is 1.85. The smallest absolute Gasteiger partial charge is 0.251 e. The van der Waals surface area contributed by atoms with E-state index in [4.69, 9.17) is 11.6 Å². The van der Waals surface area contributed by atoms with Crippen molar-refractivity contribution in [2.45, 2.75) is 11.4 Å². The van der Waals surface area contributed by atoms with E-state index in [2.05, 4.69) is 10.0 Å². The summed E-state index contributed by atoms with van der Waals surface area (Å²) in [5.74, 6) is -0.821. The van der Waals surface area contributed by atoms with Crippen molar-refractivity contribution in [1.29, 1.82) is 0 Å². The molecule has 0 radical (unpaired) electrons. The third-order valence-corrected chi connectivity index (χ3v) is 5.01. The number of amides is 1.